The average molecular weight is 339 g/mol. The number of amides is 2. The first kappa shape index (κ1) is 17.7. The monoisotopic (exact) mass is 339 g/mol. The number of nitrogens with zero attached hydrogens (tertiary/aromatic N) is 1. The summed E-state index contributed by atoms with van der Waals surface area (Å²) in [6.07, 6.45) is 1.56. The van der Waals surface area contributed by atoms with Crippen LogP contribution in [0.15, 0.2) is 11.4 Å². The van der Waals surface area contributed by atoms with E-state index in [4.69, 9.17) is 10.5 Å². The van der Waals surface area contributed by atoms with Crippen LogP contribution in [0.5, 0.6) is 0 Å². The van der Waals surface area contributed by atoms with Gasteiger partial charge < -0.3 is 20.7 Å². The fourth-order valence-corrected chi connectivity index (χ4v) is 3.26. The van der Waals surface area contributed by atoms with Gasteiger partial charge in [0.15, 0.2) is 0 Å². The van der Waals surface area contributed by atoms with Crippen molar-refractivity contribution in [2.45, 2.75) is 51.8 Å². The van der Waals surface area contributed by atoms with Crippen LogP contribution in [0.2, 0.25) is 0 Å². The van der Waals surface area contributed by atoms with Gasteiger partial charge >= 0.3 is 6.09 Å². The first-order valence-electron chi connectivity index (χ1n) is 7.83. The van der Waals surface area contributed by atoms with Crippen molar-refractivity contribution in [1.82, 2.24) is 10.2 Å². The van der Waals surface area contributed by atoms with Crippen LogP contribution < -0.4 is 11.1 Å². The summed E-state index contributed by atoms with van der Waals surface area (Å²) < 4.78 is 5.39. The predicted octanol–water partition coefficient (Wildman–Crippen LogP) is 2.34. The highest BCUT2D eigenvalue weighted by Gasteiger charge is 2.26. The summed E-state index contributed by atoms with van der Waals surface area (Å²) in [6, 6.07) is 2.20. The minimum absolute atomic E-state index is 0.236. The summed E-state index contributed by atoms with van der Waals surface area (Å²) in [4.78, 5) is 25.9. The summed E-state index contributed by atoms with van der Waals surface area (Å²) in [5.41, 5.74) is 5.36. The van der Waals surface area contributed by atoms with Crippen LogP contribution in [0.25, 0.3) is 0 Å². The molecular formula is C16H25N3O3S. The Labute approximate surface area is 141 Å². The van der Waals surface area contributed by atoms with Gasteiger partial charge in [-0.2, -0.15) is 0 Å². The highest BCUT2D eigenvalue weighted by Crippen LogP contribution is 2.18. The molecule has 7 heteroatoms. The first-order valence-corrected chi connectivity index (χ1v) is 8.71. The van der Waals surface area contributed by atoms with E-state index in [0.717, 1.165) is 24.3 Å². The Morgan fingerprint density at radius 2 is 2.04 bits per heavy atom. The Kier molecular flexibility index (Phi) is 5.64. The smallest absolute Gasteiger partial charge is 0.410 e. The minimum atomic E-state index is -0.455. The number of rotatable bonds is 4. The van der Waals surface area contributed by atoms with Gasteiger partial charge in [0.05, 0.1) is 5.56 Å². The Morgan fingerprint density at radius 1 is 1.39 bits per heavy atom. The van der Waals surface area contributed by atoms with Crippen LogP contribution in [-0.4, -0.2) is 41.6 Å². The number of ether oxygens (including phenoxy) is 1. The van der Waals surface area contributed by atoms with Crippen LogP contribution in [0.1, 0.15) is 48.8 Å². The molecule has 0 saturated carbocycles. The van der Waals surface area contributed by atoms with E-state index < -0.39 is 11.5 Å². The third kappa shape index (κ3) is 5.51. The zero-order valence-corrected chi connectivity index (χ0v) is 14.7. The second-order valence-corrected chi connectivity index (χ2v) is 7.78. The van der Waals surface area contributed by atoms with E-state index in [2.05, 4.69) is 5.32 Å². The lowest BCUT2D eigenvalue weighted by Gasteiger charge is -2.33. The maximum atomic E-state index is 12.0. The molecule has 1 aliphatic rings. The molecule has 0 atom stereocenters. The Bertz CT molecular complexity index is 557. The van der Waals surface area contributed by atoms with Gasteiger partial charge in [0.1, 0.15) is 5.60 Å². The molecule has 1 fully saturated rings. The Balaban J connectivity index is 1.74. The van der Waals surface area contributed by atoms with Gasteiger partial charge in [-0.05, 0) is 39.7 Å². The lowest BCUT2D eigenvalue weighted by molar-refractivity contribution is 0.0198. The van der Waals surface area contributed by atoms with E-state index in [0.29, 0.717) is 24.7 Å². The van der Waals surface area contributed by atoms with Gasteiger partial charge in [-0.15, -0.1) is 11.3 Å². The quantitative estimate of drug-likeness (QED) is 0.882. The van der Waals surface area contributed by atoms with Crippen molar-refractivity contribution < 1.29 is 14.3 Å². The van der Waals surface area contributed by atoms with Gasteiger partial charge in [0.25, 0.3) is 0 Å². The van der Waals surface area contributed by atoms with Crippen molar-refractivity contribution in [2.24, 2.45) is 5.73 Å². The lowest BCUT2D eigenvalue weighted by Crippen LogP contribution is -2.46. The standard InChI is InChI=1S/C16H25N3O3S/c1-16(2,3)22-15(21)19-6-4-12(5-7-19)18-9-13-8-11(10-23-13)14(17)20/h8,10,12,18H,4-7,9H2,1-3H3,(H2,17,20). The summed E-state index contributed by atoms with van der Waals surface area (Å²) in [5.74, 6) is -0.391. The van der Waals surface area contributed by atoms with Crippen molar-refractivity contribution in [3.05, 3.63) is 21.9 Å². The van der Waals surface area contributed by atoms with Crippen molar-refractivity contribution in [1.29, 1.82) is 0 Å². The van der Waals surface area contributed by atoms with E-state index in [1.807, 2.05) is 26.8 Å². The van der Waals surface area contributed by atoms with Crippen LogP contribution in [0.3, 0.4) is 0 Å². The number of nitrogens with two attached hydrogens (primary N) is 1. The molecule has 2 heterocycles. The number of primary amides is 1. The molecule has 0 unspecified atom stereocenters. The normalized spacial score (nSPS) is 16.4. The van der Waals surface area contributed by atoms with E-state index in [1.54, 1.807) is 10.3 Å². The zero-order chi connectivity index (χ0) is 17.0. The fourth-order valence-electron chi connectivity index (χ4n) is 2.44. The lowest BCUT2D eigenvalue weighted by atomic mass is 10.1. The molecule has 0 aliphatic carbocycles. The Hall–Kier alpha value is -1.60. The second-order valence-electron chi connectivity index (χ2n) is 6.79. The van der Waals surface area contributed by atoms with Crippen molar-refractivity contribution in [3.8, 4) is 0 Å². The number of hydrogen-bond donors (Lipinski definition) is 2. The molecule has 2 rings (SSSR count). The first-order chi connectivity index (χ1) is 10.7. The van der Waals surface area contributed by atoms with Gasteiger partial charge in [-0.3, -0.25) is 4.79 Å². The number of hydrogen-bond acceptors (Lipinski definition) is 5. The largest absolute Gasteiger partial charge is 0.444 e. The second kappa shape index (κ2) is 7.31. The van der Waals surface area contributed by atoms with E-state index in [-0.39, 0.29) is 6.09 Å². The zero-order valence-electron chi connectivity index (χ0n) is 13.9. The number of piperidine rings is 1. The Morgan fingerprint density at radius 3 is 2.57 bits per heavy atom. The maximum absolute atomic E-state index is 12.0. The molecule has 3 N–H and O–H groups in total. The topological polar surface area (TPSA) is 84.7 Å². The van der Waals surface area contributed by atoms with Crippen LogP contribution in [0, 0.1) is 0 Å². The van der Waals surface area contributed by atoms with Gasteiger partial charge in [0.2, 0.25) is 5.91 Å². The molecule has 1 aromatic rings. The molecule has 23 heavy (non-hydrogen) atoms. The number of likely N-dealkylation sites (tertiary alicyclic amines) is 1. The molecule has 0 spiro atoms. The third-order valence-electron chi connectivity index (χ3n) is 3.65. The number of carbonyl (C=O) groups is 2. The molecule has 1 aromatic heterocycles. The third-order valence-corrected chi connectivity index (χ3v) is 4.59. The molecule has 0 radical (unpaired) electrons. The van der Waals surface area contributed by atoms with Crippen molar-refractivity contribution in [3.63, 3.8) is 0 Å². The molecule has 2 amide bonds. The SMILES string of the molecule is CC(C)(C)OC(=O)N1CCC(NCc2cc(C(N)=O)cs2)CC1. The molecular weight excluding hydrogens is 314 g/mol. The number of thiophene rings is 1. The predicted molar refractivity (Wildman–Crippen MR) is 90.5 cm³/mol. The molecule has 128 valence electrons. The molecule has 1 aliphatic heterocycles. The van der Waals surface area contributed by atoms with Crippen molar-refractivity contribution in [2.75, 3.05) is 13.1 Å². The van der Waals surface area contributed by atoms with Crippen LogP contribution in [0.4, 0.5) is 4.79 Å². The highest BCUT2D eigenvalue weighted by atomic mass is 32.1. The summed E-state index contributed by atoms with van der Waals surface area (Å²) in [6.45, 7) is 7.74. The summed E-state index contributed by atoms with van der Waals surface area (Å²) >= 11 is 1.53. The van der Waals surface area contributed by atoms with Crippen molar-refractivity contribution >= 4 is 23.3 Å². The molecule has 1 saturated heterocycles. The van der Waals surface area contributed by atoms with Crippen LogP contribution >= 0.6 is 11.3 Å². The molecule has 0 bridgehead atoms. The van der Waals surface area contributed by atoms with Crippen LogP contribution in [-0.2, 0) is 11.3 Å². The average Bonchev–Trinajstić information content (AvgIpc) is 2.93. The maximum Gasteiger partial charge on any atom is 0.410 e. The van der Waals surface area contributed by atoms with Gasteiger partial charge in [-0.25, -0.2) is 4.79 Å². The summed E-state index contributed by atoms with van der Waals surface area (Å²) in [7, 11) is 0. The number of nitrogens with one attached hydrogen (secondary N) is 1. The molecule has 0 aromatic carbocycles. The van der Waals surface area contributed by atoms with E-state index in [1.165, 1.54) is 11.3 Å². The summed E-state index contributed by atoms with van der Waals surface area (Å²) in [5, 5.41) is 5.26. The minimum Gasteiger partial charge on any atom is -0.444 e. The van der Waals surface area contributed by atoms with Gasteiger partial charge in [0, 0.05) is 35.9 Å². The van der Waals surface area contributed by atoms with E-state index >= 15 is 0 Å². The number of carbonyl (C=O) groups excluding carboxylic acids is 2. The fraction of sp³-hybridized carbons (Fsp3) is 0.625. The van der Waals surface area contributed by atoms with Gasteiger partial charge in [-0.1, -0.05) is 0 Å². The highest BCUT2D eigenvalue weighted by molar-refractivity contribution is 7.10. The molecule has 6 nitrogen and oxygen atoms in total. The van der Waals surface area contributed by atoms with E-state index in [9.17, 15) is 9.59 Å².